The normalized spacial score (nSPS) is 18.1. The summed E-state index contributed by atoms with van der Waals surface area (Å²) >= 11 is 0. The van der Waals surface area contributed by atoms with E-state index in [2.05, 4.69) is 41.2 Å². The monoisotopic (exact) mass is 433 g/mol. The molecule has 3 N–H and O–H groups in total. The Bertz CT molecular complexity index is 659. The number of likely N-dealkylation sites (N-methyl/N-ethyl adjacent to an activating group) is 1. The van der Waals surface area contributed by atoms with Gasteiger partial charge in [0.25, 0.3) is 0 Å². The van der Waals surface area contributed by atoms with Crippen molar-refractivity contribution in [3.05, 3.63) is 29.8 Å². The van der Waals surface area contributed by atoms with Crippen LogP contribution in [0.15, 0.2) is 29.3 Å². The van der Waals surface area contributed by atoms with Gasteiger partial charge in [-0.25, -0.2) is 0 Å². The molecule has 0 spiro atoms. The Hall–Kier alpha value is -1.83. The van der Waals surface area contributed by atoms with Crippen molar-refractivity contribution in [1.82, 2.24) is 20.4 Å². The zero-order valence-electron chi connectivity index (χ0n) is 20.1. The maximum Gasteiger partial charge on any atom is 0.191 e. The summed E-state index contributed by atoms with van der Waals surface area (Å²) in [5.74, 6) is 2.01. The largest absolute Gasteiger partial charge is 0.491 e. The van der Waals surface area contributed by atoms with Crippen LogP contribution in [0.2, 0.25) is 0 Å². The predicted octanol–water partition coefficient (Wildman–Crippen LogP) is 2.34. The van der Waals surface area contributed by atoms with E-state index in [0.717, 1.165) is 69.6 Å². The first-order valence-corrected chi connectivity index (χ1v) is 11.8. The smallest absolute Gasteiger partial charge is 0.191 e. The first-order chi connectivity index (χ1) is 14.9. The van der Waals surface area contributed by atoms with E-state index in [9.17, 15) is 5.11 Å². The summed E-state index contributed by atoms with van der Waals surface area (Å²) < 4.78 is 5.73. The number of aliphatic imine (C=N–C) groups is 1. The molecule has 1 heterocycles. The van der Waals surface area contributed by atoms with Gasteiger partial charge in [-0.1, -0.05) is 26.0 Å². The van der Waals surface area contributed by atoms with Gasteiger partial charge in [-0.05, 0) is 50.9 Å². The lowest BCUT2D eigenvalue weighted by atomic mass is 10.1. The topological polar surface area (TPSA) is 72.4 Å². The number of hydrogen-bond acceptors (Lipinski definition) is 5. The van der Waals surface area contributed by atoms with E-state index in [4.69, 9.17) is 9.73 Å². The SMILES string of the molecule is CCNC(=NCC(C)CN1CCN(CC)CC1)NCC(O)c1cccc(OC(C)C)c1. The molecule has 1 aromatic rings. The minimum Gasteiger partial charge on any atom is -0.491 e. The van der Waals surface area contributed by atoms with Gasteiger partial charge >= 0.3 is 0 Å². The molecule has 1 saturated heterocycles. The van der Waals surface area contributed by atoms with Gasteiger partial charge in [0, 0.05) is 52.4 Å². The Morgan fingerprint density at radius 1 is 1.10 bits per heavy atom. The molecule has 31 heavy (non-hydrogen) atoms. The van der Waals surface area contributed by atoms with Gasteiger partial charge in [-0.2, -0.15) is 0 Å². The summed E-state index contributed by atoms with van der Waals surface area (Å²) in [6.45, 7) is 19.3. The minimum absolute atomic E-state index is 0.107. The molecule has 2 rings (SSSR count). The van der Waals surface area contributed by atoms with E-state index in [1.165, 1.54) is 0 Å². The summed E-state index contributed by atoms with van der Waals surface area (Å²) in [5, 5.41) is 17.2. The Labute approximate surface area is 188 Å². The van der Waals surface area contributed by atoms with Gasteiger partial charge < -0.3 is 30.3 Å². The maximum atomic E-state index is 10.6. The number of benzene rings is 1. The third kappa shape index (κ3) is 9.46. The summed E-state index contributed by atoms with van der Waals surface area (Å²) in [6, 6.07) is 7.65. The average molecular weight is 434 g/mol. The van der Waals surface area contributed by atoms with E-state index in [1.54, 1.807) is 0 Å². The van der Waals surface area contributed by atoms with Gasteiger partial charge in [0.05, 0.1) is 12.2 Å². The van der Waals surface area contributed by atoms with Gasteiger partial charge in [-0.3, -0.25) is 4.99 Å². The van der Waals surface area contributed by atoms with Crippen molar-refractivity contribution in [2.24, 2.45) is 10.9 Å². The van der Waals surface area contributed by atoms with Crippen molar-refractivity contribution in [2.45, 2.75) is 46.8 Å². The molecule has 2 atom stereocenters. The molecule has 0 amide bonds. The number of ether oxygens (including phenoxy) is 1. The van der Waals surface area contributed by atoms with Crippen molar-refractivity contribution >= 4 is 5.96 Å². The molecule has 1 fully saturated rings. The summed E-state index contributed by atoms with van der Waals surface area (Å²) in [5.41, 5.74) is 0.834. The van der Waals surface area contributed by atoms with Crippen LogP contribution in [0.4, 0.5) is 0 Å². The Morgan fingerprint density at radius 3 is 2.45 bits per heavy atom. The van der Waals surface area contributed by atoms with E-state index in [-0.39, 0.29) is 6.10 Å². The quantitative estimate of drug-likeness (QED) is 0.368. The number of rotatable bonds is 11. The van der Waals surface area contributed by atoms with Gasteiger partial charge in [-0.15, -0.1) is 0 Å². The van der Waals surface area contributed by atoms with E-state index < -0.39 is 6.10 Å². The van der Waals surface area contributed by atoms with E-state index in [1.807, 2.05) is 38.1 Å². The fourth-order valence-corrected chi connectivity index (χ4v) is 3.75. The molecule has 0 radical (unpaired) electrons. The minimum atomic E-state index is -0.633. The summed E-state index contributed by atoms with van der Waals surface area (Å²) in [6.07, 6.45) is -0.526. The molecule has 0 aliphatic carbocycles. The summed E-state index contributed by atoms with van der Waals surface area (Å²) in [4.78, 5) is 9.80. The van der Waals surface area contributed by atoms with Crippen LogP contribution in [0.5, 0.6) is 5.75 Å². The third-order valence-electron chi connectivity index (χ3n) is 5.46. The Morgan fingerprint density at radius 2 is 1.81 bits per heavy atom. The van der Waals surface area contributed by atoms with Crippen LogP contribution in [0.3, 0.4) is 0 Å². The molecule has 2 unspecified atom stereocenters. The van der Waals surface area contributed by atoms with Crippen molar-refractivity contribution in [2.75, 3.05) is 58.9 Å². The lowest BCUT2D eigenvalue weighted by molar-refractivity contribution is 0.125. The molecule has 7 nitrogen and oxygen atoms in total. The highest BCUT2D eigenvalue weighted by Crippen LogP contribution is 2.20. The zero-order chi connectivity index (χ0) is 22.6. The summed E-state index contributed by atoms with van der Waals surface area (Å²) in [7, 11) is 0. The Kier molecular flexibility index (Phi) is 11.1. The molecule has 0 aromatic heterocycles. The second kappa shape index (κ2) is 13.6. The van der Waals surface area contributed by atoms with Crippen LogP contribution in [0.1, 0.15) is 46.3 Å². The first kappa shape index (κ1) is 25.4. The van der Waals surface area contributed by atoms with E-state index >= 15 is 0 Å². The number of hydrogen-bond donors (Lipinski definition) is 3. The highest BCUT2D eigenvalue weighted by molar-refractivity contribution is 5.79. The second-order valence-corrected chi connectivity index (χ2v) is 8.70. The van der Waals surface area contributed by atoms with Crippen molar-refractivity contribution in [1.29, 1.82) is 0 Å². The highest BCUT2D eigenvalue weighted by atomic mass is 16.5. The molecule has 1 aliphatic rings. The Balaban J connectivity index is 1.82. The molecular formula is C24H43N5O2. The molecule has 176 valence electrons. The van der Waals surface area contributed by atoms with Gasteiger partial charge in [0.2, 0.25) is 0 Å². The zero-order valence-corrected chi connectivity index (χ0v) is 20.1. The molecule has 0 saturated carbocycles. The van der Waals surface area contributed by atoms with Gasteiger partial charge in [0.1, 0.15) is 5.75 Å². The van der Waals surface area contributed by atoms with Crippen LogP contribution < -0.4 is 15.4 Å². The molecule has 1 aromatic carbocycles. The molecular weight excluding hydrogens is 390 g/mol. The third-order valence-corrected chi connectivity index (χ3v) is 5.46. The van der Waals surface area contributed by atoms with Crippen molar-refractivity contribution < 1.29 is 9.84 Å². The number of nitrogens with one attached hydrogen (secondary N) is 2. The van der Waals surface area contributed by atoms with Crippen LogP contribution in [0, 0.1) is 5.92 Å². The van der Waals surface area contributed by atoms with Gasteiger partial charge in [0.15, 0.2) is 5.96 Å². The lowest BCUT2D eigenvalue weighted by Crippen LogP contribution is -2.47. The van der Waals surface area contributed by atoms with Crippen LogP contribution >= 0.6 is 0 Å². The molecule has 0 bridgehead atoms. The fourth-order valence-electron chi connectivity index (χ4n) is 3.75. The number of nitrogens with zero attached hydrogens (tertiary/aromatic N) is 3. The lowest BCUT2D eigenvalue weighted by Gasteiger charge is -2.35. The van der Waals surface area contributed by atoms with Crippen molar-refractivity contribution in [3.63, 3.8) is 0 Å². The molecule has 1 aliphatic heterocycles. The number of aliphatic hydroxyl groups excluding tert-OH is 1. The second-order valence-electron chi connectivity index (χ2n) is 8.70. The number of piperazine rings is 1. The van der Waals surface area contributed by atoms with Crippen molar-refractivity contribution in [3.8, 4) is 5.75 Å². The predicted molar refractivity (Wildman–Crippen MR) is 129 cm³/mol. The van der Waals surface area contributed by atoms with Crippen LogP contribution in [-0.4, -0.2) is 85.9 Å². The average Bonchev–Trinajstić information content (AvgIpc) is 2.75. The first-order valence-electron chi connectivity index (χ1n) is 11.8. The highest BCUT2D eigenvalue weighted by Gasteiger charge is 2.17. The fraction of sp³-hybridized carbons (Fsp3) is 0.708. The van der Waals surface area contributed by atoms with E-state index in [0.29, 0.717) is 12.5 Å². The van der Waals surface area contributed by atoms with Crippen LogP contribution in [0.25, 0.3) is 0 Å². The van der Waals surface area contributed by atoms with Crippen LogP contribution in [-0.2, 0) is 0 Å². The molecule has 7 heteroatoms. The standard InChI is InChI=1S/C24H43N5O2/c1-6-25-24(26-16-20(5)18-29-13-11-28(7-2)12-14-29)27-17-23(30)21-9-8-10-22(15-21)31-19(3)4/h8-10,15,19-20,23,30H,6-7,11-14,16-18H2,1-5H3,(H2,25,26,27). The number of guanidine groups is 1. The number of aliphatic hydroxyl groups is 1. The maximum absolute atomic E-state index is 10.6.